The number of benzene rings is 2. The van der Waals surface area contributed by atoms with Crippen molar-refractivity contribution < 1.29 is 19.2 Å². The van der Waals surface area contributed by atoms with Gasteiger partial charge in [-0.15, -0.1) is 0 Å². The van der Waals surface area contributed by atoms with Gasteiger partial charge in [-0.1, -0.05) is 18.2 Å². The van der Waals surface area contributed by atoms with Crippen LogP contribution in [0.5, 0.6) is 0 Å². The minimum atomic E-state index is -1.31. The molecule has 3 aliphatic heterocycles. The topological polar surface area (TPSA) is 88.4 Å². The van der Waals surface area contributed by atoms with E-state index in [1.54, 1.807) is 17.0 Å². The first kappa shape index (κ1) is 19.9. The van der Waals surface area contributed by atoms with Crippen molar-refractivity contribution in [3.8, 4) is 0 Å². The molecule has 3 aliphatic rings. The third-order valence-corrected chi connectivity index (χ3v) is 6.11. The van der Waals surface area contributed by atoms with Crippen molar-refractivity contribution in [1.82, 2.24) is 4.90 Å². The summed E-state index contributed by atoms with van der Waals surface area (Å²) in [5, 5.41) is 10.9. The lowest BCUT2D eigenvalue weighted by Crippen LogP contribution is -2.53. The molecular formula is C22H24N4O5. The van der Waals surface area contributed by atoms with E-state index in [1.807, 2.05) is 24.3 Å². The number of anilines is 2. The number of hydrogen-bond donors (Lipinski definition) is 0. The Balaban J connectivity index is 1.27. The van der Waals surface area contributed by atoms with Gasteiger partial charge in [0.05, 0.1) is 30.5 Å². The third-order valence-electron chi connectivity index (χ3n) is 6.11. The fraction of sp³-hybridized carbons (Fsp3) is 0.409. The summed E-state index contributed by atoms with van der Waals surface area (Å²) in [6, 6.07) is 14.3. The first-order valence-corrected chi connectivity index (χ1v) is 10.5. The van der Waals surface area contributed by atoms with Crippen molar-refractivity contribution in [2.24, 2.45) is 0 Å². The van der Waals surface area contributed by atoms with E-state index in [9.17, 15) is 14.9 Å². The lowest BCUT2D eigenvalue weighted by molar-refractivity contribution is -0.384. The van der Waals surface area contributed by atoms with Gasteiger partial charge in [0.15, 0.2) is 0 Å². The van der Waals surface area contributed by atoms with Crippen LogP contribution >= 0.6 is 0 Å². The first-order valence-electron chi connectivity index (χ1n) is 10.5. The maximum atomic E-state index is 13.4. The highest BCUT2D eigenvalue weighted by Gasteiger charge is 2.55. The van der Waals surface area contributed by atoms with Crippen LogP contribution in [0.4, 0.5) is 17.1 Å². The highest BCUT2D eigenvalue weighted by atomic mass is 16.7. The molecule has 0 atom stereocenters. The molecule has 2 aromatic rings. The number of non-ortho nitro benzene ring substituents is 1. The average molecular weight is 424 g/mol. The zero-order chi connectivity index (χ0) is 21.4. The van der Waals surface area contributed by atoms with Crippen LogP contribution in [0.2, 0.25) is 0 Å². The van der Waals surface area contributed by atoms with Gasteiger partial charge < -0.3 is 14.4 Å². The molecule has 2 fully saturated rings. The molecule has 9 heteroatoms. The van der Waals surface area contributed by atoms with Crippen LogP contribution in [0.1, 0.15) is 12.0 Å². The van der Waals surface area contributed by atoms with Gasteiger partial charge in [-0.25, -0.2) is 0 Å². The van der Waals surface area contributed by atoms with Crippen molar-refractivity contribution in [1.29, 1.82) is 0 Å². The Morgan fingerprint density at radius 1 is 0.968 bits per heavy atom. The largest absolute Gasteiger partial charge is 0.369 e. The summed E-state index contributed by atoms with van der Waals surface area (Å²) in [5.74, 6) is -1.47. The minimum absolute atomic E-state index is 0.0923. The Bertz CT molecular complexity index is 982. The number of piperazine rings is 1. The molecule has 0 aliphatic carbocycles. The van der Waals surface area contributed by atoms with E-state index in [-0.39, 0.29) is 16.5 Å². The van der Waals surface area contributed by atoms with Crippen molar-refractivity contribution in [3.63, 3.8) is 0 Å². The highest BCUT2D eigenvalue weighted by Crippen LogP contribution is 2.45. The van der Waals surface area contributed by atoms with E-state index in [2.05, 4.69) is 9.80 Å². The lowest BCUT2D eigenvalue weighted by Gasteiger charge is -2.38. The molecule has 0 bridgehead atoms. The molecule has 2 aromatic carbocycles. The normalized spacial score (nSPS) is 20.8. The Morgan fingerprint density at radius 3 is 2.32 bits per heavy atom. The Hall–Kier alpha value is -3.01. The Morgan fingerprint density at radius 2 is 1.65 bits per heavy atom. The first-order chi connectivity index (χ1) is 15.1. The number of para-hydroxylation sites is 1. The van der Waals surface area contributed by atoms with Crippen molar-refractivity contribution in [2.75, 3.05) is 55.9 Å². The van der Waals surface area contributed by atoms with E-state index < -0.39 is 5.79 Å². The molecule has 3 heterocycles. The zero-order valence-corrected chi connectivity index (χ0v) is 17.1. The van der Waals surface area contributed by atoms with Gasteiger partial charge in [0.2, 0.25) is 0 Å². The van der Waals surface area contributed by atoms with Crippen LogP contribution in [0.25, 0.3) is 0 Å². The van der Waals surface area contributed by atoms with Gasteiger partial charge in [0.1, 0.15) is 0 Å². The maximum absolute atomic E-state index is 13.4. The van der Waals surface area contributed by atoms with Crippen LogP contribution in [0.15, 0.2) is 48.5 Å². The summed E-state index contributed by atoms with van der Waals surface area (Å²) in [7, 11) is 0. The molecule has 9 nitrogen and oxygen atoms in total. The number of nitro groups is 1. The van der Waals surface area contributed by atoms with Crippen LogP contribution in [0.3, 0.4) is 0 Å². The van der Waals surface area contributed by atoms with Gasteiger partial charge >= 0.3 is 0 Å². The van der Waals surface area contributed by atoms with Crippen molar-refractivity contribution >= 4 is 23.0 Å². The van der Waals surface area contributed by atoms with E-state index in [0.717, 1.165) is 49.5 Å². The summed E-state index contributed by atoms with van der Waals surface area (Å²) < 4.78 is 11.8. The molecule has 0 N–H and O–H groups in total. The van der Waals surface area contributed by atoms with Crippen molar-refractivity contribution in [3.05, 3.63) is 64.2 Å². The number of fused-ring (bicyclic) bond motifs is 2. The van der Waals surface area contributed by atoms with Crippen LogP contribution in [-0.2, 0) is 20.1 Å². The highest BCUT2D eigenvalue weighted by molar-refractivity contribution is 6.06. The van der Waals surface area contributed by atoms with Crippen LogP contribution in [-0.4, -0.2) is 61.8 Å². The molecule has 31 heavy (non-hydrogen) atoms. The second-order valence-electron chi connectivity index (χ2n) is 7.94. The SMILES string of the molecule is O=C1N(CN2CCN(c3ccc([N+](=O)[O-])cc3)CC2)c2ccccc2C12OCCCO2. The standard InChI is InChI=1S/C22H24N4O5/c27-21-22(30-14-3-15-31-22)19-4-1-2-5-20(19)25(21)16-23-10-12-24(13-11-23)17-6-8-18(9-7-17)26(28)29/h1-2,4-9H,3,10-16H2. The van der Waals surface area contributed by atoms with E-state index in [0.29, 0.717) is 19.9 Å². The predicted octanol–water partition coefficient (Wildman–Crippen LogP) is 2.31. The molecule has 0 aromatic heterocycles. The quantitative estimate of drug-likeness (QED) is 0.550. The molecule has 5 rings (SSSR count). The minimum Gasteiger partial charge on any atom is -0.369 e. The van der Waals surface area contributed by atoms with Gasteiger partial charge in [-0.3, -0.25) is 24.7 Å². The van der Waals surface area contributed by atoms with E-state index in [4.69, 9.17) is 9.47 Å². The Kier molecular flexibility index (Phi) is 5.09. The van der Waals surface area contributed by atoms with Crippen LogP contribution < -0.4 is 9.80 Å². The van der Waals surface area contributed by atoms with Crippen LogP contribution in [0, 0.1) is 10.1 Å². The van der Waals surface area contributed by atoms with Gasteiger partial charge in [-0.2, -0.15) is 0 Å². The third kappa shape index (κ3) is 3.44. The van der Waals surface area contributed by atoms with E-state index >= 15 is 0 Å². The summed E-state index contributed by atoms with van der Waals surface area (Å²) in [6.07, 6.45) is 0.780. The summed E-state index contributed by atoms with van der Waals surface area (Å²) in [6.45, 7) is 4.58. The second-order valence-corrected chi connectivity index (χ2v) is 7.94. The number of ether oxygens (including phenoxy) is 2. The molecule has 162 valence electrons. The maximum Gasteiger partial charge on any atom is 0.293 e. The summed E-state index contributed by atoms with van der Waals surface area (Å²) in [5.41, 5.74) is 2.68. The predicted molar refractivity (Wildman–Crippen MR) is 114 cm³/mol. The molecule has 0 radical (unpaired) electrons. The van der Waals surface area contributed by atoms with Gasteiger partial charge in [0.25, 0.3) is 17.4 Å². The molecule has 2 saturated heterocycles. The molecular weight excluding hydrogens is 400 g/mol. The number of nitro benzene ring substituents is 1. The van der Waals surface area contributed by atoms with Gasteiger partial charge in [-0.05, 0) is 24.6 Å². The zero-order valence-electron chi connectivity index (χ0n) is 17.1. The molecule has 0 unspecified atom stereocenters. The fourth-order valence-electron chi connectivity index (χ4n) is 4.47. The second kappa shape index (κ2) is 7.92. The number of carbonyl (C=O) groups excluding carboxylic acids is 1. The smallest absolute Gasteiger partial charge is 0.293 e. The Labute approximate surface area is 179 Å². The molecule has 1 amide bonds. The number of hydrogen-bond acceptors (Lipinski definition) is 7. The lowest BCUT2D eigenvalue weighted by atomic mass is 10.1. The number of amides is 1. The average Bonchev–Trinajstić information content (AvgIpc) is 3.03. The van der Waals surface area contributed by atoms with E-state index in [1.165, 1.54) is 12.1 Å². The number of carbonyl (C=O) groups is 1. The molecule has 0 saturated carbocycles. The number of rotatable bonds is 4. The molecule has 1 spiro atoms. The number of nitrogens with zero attached hydrogens (tertiary/aromatic N) is 4. The summed E-state index contributed by atoms with van der Waals surface area (Å²) >= 11 is 0. The summed E-state index contributed by atoms with van der Waals surface area (Å²) in [4.78, 5) is 30.0. The van der Waals surface area contributed by atoms with Crippen molar-refractivity contribution in [2.45, 2.75) is 12.2 Å². The fourth-order valence-corrected chi connectivity index (χ4v) is 4.47. The monoisotopic (exact) mass is 424 g/mol. The van der Waals surface area contributed by atoms with Gasteiger partial charge in [0, 0.05) is 49.6 Å².